The third kappa shape index (κ3) is 4.01. The van der Waals surface area contributed by atoms with Crippen molar-refractivity contribution in [3.63, 3.8) is 0 Å². The number of allylic oxidation sites excluding steroid dienone is 2. The highest BCUT2D eigenvalue weighted by Gasteiger charge is 2.20. The highest BCUT2D eigenvalue weighted by molar-refractivity contribution is 5.52. The molecule has 1 rings (SSSR count). The van der Waals surface area contributed by atoms with Gasteiger partial charge < -0.3 is 0 Å². The summed E-state index contributed by atoms with van der Waals surface area (Å²) in [5, 5.41) is 0. The Bertz CT molecular complexity index is 440. The first-order valence-corrected chi connectivity index (χ1v) is 6.07. The van der Waals surface area contributed by atoms with E-state index in [-0.39, 0.29) is 5.54 Å². The van der Waals surface area contributed by atoms with Gasteiger partial charge in [-0.05, 0) is 33.5 Å². The average Bonchev–Trinajstić information content (AvgIpc) is 2.37. The van der Waals surface area contributed by atoms with Gasteiger partial charge in [-0.25, -0.2) is 0 Å². The van der Waals surface area contributed by atoms with Gasteiger partial charge in [0, 0.05) is 0 Å². The predicted octanol–water partition coefficient (Wildman–Crippen LogP) is 3.97. The molecule has 0 N–H and O–H groups in total. The molecule has 0 aromatic heterocycles. The zero-order valence-corrected chi connectivity index (χ0v) is 11.6. The van der Waals surface area contributed by atoms with E-state index in [2.05, 4.69) is 48.8 Å². The first-order valence-electron chi connectivity index (χ1n) is 6.07. The monoisotopic (exact) mass is 240 g/mol. The third-order valence-corrected chi connectivity index (χ3v) is 3.00. The molecule has 1 radical (unpaired) electrons. The van der Waals surface area contributed by atoms with Gasteiger partial charge in [-0.1, -0.05) is 66.8 Å². The molecule has 0 bridgehead atoms. The van der Waals surface area contributed by atoms with Gasteiger partial charge >= 0.3 is 0 Å². The smallest absolute Gasteiger partial charge is 0.0579 e. The van der Waals surface area contributed by atoms with E-state index in [0.717, 1.165) is 5.57 Å². The van der Waals surface area contributed by atoms with E-state index in [0.29, 0.717) is 0 Å². The molecule has 1 unspecified atom stereocenters. The summed E-state index contributed by atoms with van der Waals surface area (Å²) in [6.07, 6.45) is 8.16. The fourth-order valence-electron chi connectivity index (χ4n) is 1.58. The number of hydrogen-bond donors (Lipinski definition) is 0. The Morgan fingerprint density at radius 1 is 1.22 bits per heavy atom. The van der Waals surface area contributed by atoms with Crippen molar-refractivity contribution in [1.29, 1.82) is 0 Å². The maximum absolute atomic E-state index is 4.29. The number of hydrogen-bond acceptors (Lipinski definition) is 1. The van der Waals surface area contributed by atoms with E-state index in [4.69, 9.17) is 0 Å². The Morgan fingerprint density at radius 2 is 1.83 bits per heavy atom. The molecule has 95 valence electrons. The van der Waals surface area contributed by atoms with Gasteiger partial charge in [-0.15, -0.1) is 0 Å². The van der Waals surface area contributed by atoms with Crippen LogP contribution in [0.1, 0.15) is 12.5 Å². The molecule has 1 nitrogen and oxygen atoms in total. The minimum atomic E-state index is -0.353. The van der Waals surface area contributed by atoms with Gasteiger partial charge in [-0.3, -0.25) is 4.90 Å². The Hall–Kier alpha value is -1.60. The zero-order chi connectivity index (χ0) is 13.6. The summed E-state index contributed by atoms with van der Waals surface area (Å²) in [6.45, 7) is 10.1. The molecule has 1 aromatic rings. The lowest BCUT2D eigenvalue weighted by molar-refractivity contribution is 0.314. The third-order valence-electron chi connectivity index (χ3n) is 3.00. The van der Waals surface area contributed by atoms with Gasteiger partial charge in [0.2, 0.25) is 0 Å². The molecule has 1 aromatic carbocycles. The van der Waals surface area contributed by atoms with Gasteiger partial charge in [0.05, 0.1) is 5.54 Å². The first kappa shape index (κ1) is 14.5. The Kier molecular flexibility index (Phi) is 5.11. The van der Waals surface area contributed by atoms with Crippen molar-refractivity contribution in [3.8, 4) is 0 Å². The molecular weight excluding hydrogens is 218 g/mol. The largest absolute Gasteiger partial charge is 0.297 e. The lowest BCUT2D eigenvalue weighted by Crippen LogP contribution is -2.37. The topological polar surface area (TPSA) is 3.24 Å². The van der Waals surface area contributed by atoms with E-state index < -0.39 is 0 Å². The second-order valence-electron chi connectivity index (χ2n) is 4.72. The molecule has 0 aliphatic heterocycles. The summed E-state index contributed by atoms with van der Waals surface area (Å²) in [4.78, 5) is 2.08. The van der Waals surface area contributed by atoms with E-state index in [1.165, 1.54) is 5.56 Å². The SMILES string of the molecule is [CH2]C(C=Cc1ccccc1)(C=C(C)C=C)N(C)C. The van der Waals surface area contributed by atoms with Crippen molar-refractivity contribution in [2.24, 2.45) is 0 Å². The predicted molar refractivity (Wildman–Crippen MR) is 81.2 cm³/mol. The first-order chi connectivity index (χ1) is 8.48. The summed E-state index contributed by atoms with van der Waals surface area (Å²) in [7, 11) is 4.05. The van der Waals surface area contributed by atoms with Crippen molar-refractivity contribution in [3.05, 3.63) is 73.2 Å². The van der Waals surface area contributed by atoms with Gasteiger partial charge in [0.15, 0.2) is 0 Å². The van der Waals surface area contributed by atoms with Crippen molar-refractivity contribution in [1.82, 2.24) is 4.90 Å². The number of nitrogens with zero attached hydrogens (tertiary/aromatic N) is 1. The number of likely N-dealkylation sites (N-methyl/N-ethyl adjacent to an activating group) is 1. The van der Waals surface area contributed by atoms with Crippen LogP contribution in [0, 0.1) is 6.92 Å². The lowest BCUT2D eigenvalue weighted by Gasteiger charge is -2.31. The van der Waals surface area contributed by atoms with Crippen molar-refractivity contribution >= 4 is 6.08 Å². The average molecular weight is 240 g/mol. The molecule has 1 heteroatoms. The van der Waals surface area contributed by atoms with Crippen LogP contribution in [0.4, 0.5) is 0 Å². The van der Waals surface area contributed by atoms with E-state index in [1.54, 1.807) is 0 Å². The van der Waals surface area contributed by atoms with Crippen LogP contribution in [-0.2, 0) is 0 Å². The molecule has 18 heavy (non-hydrogen) atoms. The van der Waals surface area contributed by atoms with E-state index in [1.807, 2.05) is 45.3 Å². The van der Waals surface area contributed by atoms with Crippen LogP contribution in [0.25, 0.3) is 6.08 Å². The maximum Gasteiger partial charge on any atom is 0.0579 e. The quantitative estimate of drug-likeness (QED) is 0.704. The standard InChI is InChI=1S/C17H22N/c1-6-15(2)14-17(3,18(4)5)13-12-16-10-8-7-9-11-16/h6-14H,1,3H2,2,4-5H3. The molecule has 0 amide bonds. The summed E-state index contributed by atoms with van der Waals surface area (Å²) in [6, 6.07) is 10.2. The van der Waals surface area contributed by atoms with Gasteiger partial charge in [0.1, 0.15) is 0 Å². The molecule has 1 atom stereocenters. The molecule has 0 heterocycles. The van der Waals surface area contributed by atoms with Crippen LogP contribution in [0.5, 0.6) is 0 Å². The molecule has 0 saturated heterocycles. The fourth-order valence-corrected chi connectivity index (χ4v) is 1.58. The van der Waals surface area contributed by atoms with Gasteiger partial charge in [0.25, 0.3) is 0 Å². The van der Waals surface area contributed by atoms with Crippen LogP contribution in [-0.4, -0.2) is 24.5 Å². The molecule has 0 spiro atoms. The van der Waals surface area contributed by atoms with Crippen molar-refractivity contribution < 1.29 is 0 Å². The van der Waals surface area contributed by atoms with E-state index in [9.17, 15) is 0 Å². The van der Waals surface area contributed by atoms with E-state index >= 15 is 0 Å². The second kappa shape index (κ2) is 6.36. The highest BCUT2D eigenvalue weighted by atomic mass is 15.1. The van der Waals surface area contributed by atoms with Crippen LogP contribution in [0.2, 0.25) is 0 Å². The van der Waals surface area contributed by atoms with Crippen LogP contribution >= 0.6 is 0 Å². The number of benzene rings is 1. The Labute approximate surface area is 111 Å². The normalized spacial score (nSPS) is 15.9. The van der Waals surface area contributed by atoms with Crippen LogP contribution in [0.3, 0.4) is 0 Å². The molecule has 0 fully saturated rings. The molecule has 0 saturated carbocycles. The second-order valence-corrected chi connectivity index (χ2v) is 4.72. The minimum absolute atomic E-state index is 0.353. The van der Waals surface area contributed by atoms with Crippen molar-refractivity contribution in [2.75, 3.05) is 14.1 Å². The van der Waals surface area contributed by atoms with Crippen LogP contribution < -0.4 is 0 Å². The lowest BCUT2D eigenvalue weighted by atomic mass is 9.96. The maximum atomic E-state index is 4.29. The fraction of sp³-hybridized carbons (Fsp3) is 0.235. The van der Waals surface area contributed by atoms with Crippen molar-refractivity contribution in [2.45, 2.75) is 12.5 Å². The summed E-state index contributed by atoms with van der Waals surface area (Å²) in [5.74, 6) is 0. The minimum Gasteiger partial charge on any atom is -0.297 e. The number of rotatable bonds is 5. The molecule has 0 aliphatic rings. The Balaban J connectivity index is 3.00. The summed E-state index contributed by atoms with van der Waals surface area (Å²) >= 11 is 0. The highest BCUT2D eigenvalue weighted by Crippen LogP contribution is 2.19. The molecular formula is C17H22N. The Morgan fingerprint density at radius 3 is 2.33 bits per heavy atom. The van der Waals surface area contributed by atoms with Crippen LogP contribution in [0.15, 0.2) is 60.7 Å². The van der Waals surface area contributed by atoms with Gasteiger partial charge in [-0.2, -0.15) is 0 Å². The molecule has 0 aliphatic carbocycles. The zero-order valence-electron chi connectivity index (χ0n) is 11.6. The summed E-state index contributed by atoms with van der Waals surface area (Å²) in [5.41, 5.74) is 1.95. The summed E-state index contributed by atoms with van der Waals surface area (Å²) < 4.78 is 0.